The fourth-order valence-electron chi connectivity index (χ4n) is 0.619. The quantitative estimate of drug-likeness (QED) is 0.550. The van der Waals surface area contributed by atoms with Gasteiger partial charge in [-0.1, -0.05) is 11.6 Å². The van der Waals surface area contributed by atoms with E-state index < -0.39 is 29.0 Å². The highest BCUT2D eigenvalue weighted by molar-refractivity contribution is 6.30. The maximum Gasteiger partial charge on any atom is 0.574 e. The molecule has 0 aliphatic carbocycles. The van der Waals surface area contributed by atoms with E-state index in [2.05, 4.69) is 9.72 Å². The second kappa shape index (κ2) is 3.56. The first-order valence-electron chi connectivity index (χ1n) is 3.07. The molecule has 78 valence electrons. The van der Waals surface area contributed by atoms with Gasteiger partial charge in [-0.3, -0.25) is 0 Å². The van der Waals surface area contributed by atoms with Gasteiger partial charge in [0.05, 0.1) is 0 Å². The fourth-order valence-corrected chi connectivity index (χ4v) is 0.716. The Kier molecular flexibility index (Phi) is 2.79. The van der Waals surface area contributed by atoms with Crippen LogP contribution in [0.4, 0.5) is 22.0 Å². The van der Waals surface area contributed by atoms with E-state index in [9.17, 15) is 22.0 Å². The molecule has 0 fully saturated rings. The van der Waals surface area contributed by atoms with Crippen molar-refractivity contribution in [2.75, 3.05) is 0 Å². The molecule has 2 nitrogen and oxygen atoms in total. The molecule has 0 aromatic carbocycles. The number of alkyl halides is 3. The summed E-state index contributed by atoms with van der Waals surface area (Å²) < 4.78 is 62.9. The zero-order chi connectivity index (χ0) is 10.9. The van der Waals surface area contributed by atoms with E-state index in [1.165, 1.54) is 0 Å². The Bertz CT molecular complexity index is 330. The summed E-state index contributed by atoms with van der Waals surface area (Å²) in [4.78, 5) is 2.64. The van der Waals surface area contributed by atoms with Gasteiger partial charge in [0.2, 0.25) is 11.8 Å². The minimum absolute atomic E-state index is 0.235. The highest BCUT2D eigenvalue weighted by Crippen LogP contribution is 2.25. The number of nitrogens with zero attached hydrogens (tertiary/aromatic N) is 1. The maximum atomic E-state index is 12.6. The Morgan fingerprint density at radius 2 is 1.86 bits per heavy atom. The number of hydrogen-bond acceptors (Lipinski definition) is 2. The number of hydrogen-bond donors (Lipinski definition) is 0. The summed E-state index contributed by atoms with van der Waals surface area (Å²) >= 11 is 4.97. The van der Waals surface area contributed by atoms with Crippen LogP contribution in [0.15, 0.2) is 6.07 Å². The molecule has 0 aliphatic rings. The molecule has 8 heteroatoms. The van der Waals surface area contributed by atoms with Crippen molar-refractivity contribution in [3.8, 4) is 5.88 Å². The Labute approximate surface area is 79.3 Å². The summed E-state index contributed by atoms with van der Waals surface area (Å²) in [7, 11) is 0. The monoisotopic (exact) mass is 233 g/mol. The summed E-state index contributed by atoms with van der Waals surface area (Å²) in [6, 6.07) is 0.235. The van der Waals surface area contributed by atoms with Gasteiger partial charge in [-0.15, -0.1) is 13.2 Å². The minimum Gasteiger partial charge on any atom is -0.388 e. The number of ether oxygens (including phenoxy) is 1. The van der Waals surface area contributed by atoms with Crippen molar-refractivity contribution < 1.29 is 26.7 Å². The van der Waals surface area contributed by atoms with Gasteiger partial charge in [0.1, 0.15) is 5.02 Å². The Balaban J connectivity index is 3.02. The lowest BCUT2D eigenvalue weighted by atomic mass is 10.4. The standard InChI is InChI=1S/C6HClF5NO/c7-4-2(8)1-3(13-5(4)9)14-6(10,11)12/h1H. The van der Waals surface area contributed by atoms with E-state index in [0.29, 0.717) is 0 Å². The lowest BCUT2D eigenvalue weighted by Crippen LogP contribution is -2.18. The van der Waals surface area contributed by atoms with Gasteiger partial charge in [-0.2, -0.15) is 9.37 Å². The normalized spacial score (nSPS) is 11.6. The zero-order valence-corrected chi connectivity index (χ0v) is 6.96. The molecular formula is C6HClF5NO. The van der Waals surface area contributed by atoms with Crippen molar-refractivity contribution >= 4 is 11.6 Å². The first-order valence-corrected chi connectivity index (χ1v) is 3.44. The molecule has 0 N–H and O–H groups in total. The second-order valence-electron chi connectivity index (χ2n) is 2.09. The number of halogens is 6. The van der Waals surface area contributed by atoms with Crippen molar-refractivity contribution in [3.63, 3.8) is 0 Å². The SMILES string of the molecule is Fc1cc(OC(F)(F)F)nc(F)c1Cl. The second-order valence-corrected chi connectivity index (χ2v) is 2.47. The molecule has 0 atom stereocenters. The van der Waals surface area contributed by atoms with Crippen LogP contribution < -0.4 is 4.74 Å². The van der Waals surface area contributed by atoms with Gasteiger partial charge in [-0.05, 0) is 0 Å². The third-order valence-corrected chi connectivity index (χ3v) is 1.41. The number of aromatic nitrogens is 1. The number of rotatable bonds is 1. The molecule has 1 rings (SSSR count). The van der Waals surface area contributed by atoms with Gasteiger partial charge in [-0.25, -0.2) is 4.39 Å². The first kappa shape index (κ1) is 11.0. The van der Waals surface area contributed by atoms with Gasteiger partial charge >= 0.3 is 6.36 Å². The van der Waals surface area contributed by atoms with E-state index in [4.69, 9.17) is 11.6 Å². The molecule has 0 aliphatic heterocycles. The van der Waals surface area contributed by atoms with Crippen LogP contribution in [-0.2, 0) is 0 Å². The molecule has 0 spiro atoms. The summed E-state index contributed by atoms with van der Waals surface area (Å²) in [6.45, 7) is 0. The average Bonchev–Trinajstić information content (AvgIpc) is 1.96. The van der Waals surface area contributed by atoms with E-state index in [1.54, 1.807) is 0 Å². The molecule has 1 aromatic heterocycles. The van der Waals surface area contributed by atoms with Crippen LogP contribution >= 0.6 is 11.6 Å². The highest BCUT2D eigenvalue weighted by atomic mass is 35.5. The van der Waals surface area contributed by atoms with Crippen molar-refractivity contribution in [2.45, 2.75) is 6.36 Å². The zero-order valence-electron chi connectivity index (χ0n) is 6.20. The van der Waals surface area contributed by atoms with Gasteiger partial charge in [0.25, 0.3) is 0 Å². The van der Waals surface area contributed by atoms with Crippen molar-refractivity contribution in [2.24, 2.45) is 0 Å². The summed E-state index contributed by atoms with van der Waals surface area (Å²) in [5.41, 5.74) is 0. The van der Waals surface area contributed by atoms with Crippen LogP contribution in [-0.4, -0.2) is 11.3 Å². The molecular weight excluding hydrogens is 233 g/mol. The lowest BCUT2D eigenvalue weighted by molar-refractivity contribution is -0.276. The molecule has 0 saturated heterocycles. The summed E-state index contributed by atoms with van der Waals surface area (Å²) in [6.07, 6.45) is -5.06. The summed E-state index contributed by atoms with van der Waals surface area (Å²) in [5.74, 6) is -4.18. The van der Waals surface area contributed by atoms with Crippen molar-refractivity contribution in [3.05, 3.63) is 22.9 Å². The van der Waals surface area contributed by atoms with Crippen LogP contribution in [0.1, 0.15) is 0 Å². The smallest absolute Gasteiger partial charge is 0.388 e. The van der Waals surface area contributed by atoms with Crippen LogP contribution in [0.2, 0.25) is 5.02 Å². The van der Waals surface area contributed by atoms with Crippen LogP contribution in [0.25, 0.3) is 0 Å². The third-order valence-electron chi connectivity index (χ3n) is 1.07. The molecule has 1 aromatic rings. The van der Waals surface area contributed by atoms with Crippen LogP contribution in [0.3, 0.4) is 0 Å². The molecule has 0 unspecified atom stereocenters. The van der Waals surface area contributed by atoms with E-state index in [-0.39, 0.29) is 6.07 Å². The molecule has 14 heavy (non-hydrogen) atoms. The highest BCUT2D eigenvalue weighted by Gasteiger charge is 2.32. The Morgan fingerprint density at radius 3 is 2.29 bits per heavy atom. The predicted molar refractivity (Wildman–Crippen MR) is 35.8 cm³/mol. The fraction of sp³-hybridized carbons (Fsp3) is 0.167. The van der Waals surface area contributed by atoms with Crippen molar-refractivity contribution in [1.29, 1.82) is 0 Å². The Hall–Kier alpha value is -1.11. The molecule has 0 saturated carbocycles. The predicted octanol–water partition coefficient (Wildman–Crippen LogP) is 2.91. The van der Waals surface area contributed by atoms with Gasteiger partial charge < -0.3 is 4.74 Å². The molecule has 1 heterocycles. The molecule has 0 amide bonds. The lowest BCUT2D eigenvalue weighted by Gasteiger charge is -2.07. The minimum atomic E-state index is -5.06. The van der Waals surface area contributed by atoms with Crippen LogP contribution in [0.5, 0.6) is 5.88 Å². The Morgan fingerprint density at radius 1 is 1.29 bits per heavy atom. The third kappa shape index (κ3) is 2.69. The average molecular weight is 234 g/mol. The number of pyridine rings is 1. The van der Waals surface area contributed by atoms with Crippen LogP contribution in [0, 0.1) is 11.8 Å². The summed E-state index contributed by atoms with van der Waals surface area (Å²) in [5, 5.41) is -0.987. The topological polar surface area (TPSA) is 22.1 Å². The first-order chi connectivity index (χ1) is 6.29. The van der Waals surface area contributed by atoms with E-state index in [0.717, 1.165) is 0 Å². The van der Waals surface area contributed by atoms with E-state index >= 15 is 0 Å². The van der Waals surface area contributed by atoms with E-state index in [1.807, 2.05) is 0 Å². The molecule has 0 radical (unpaired) electrons. The maximum absolute atomic E-state index is 12.6. The largest absolute Gasteiger partial charge is 0.574 e. The van der Waals surface area contributed by atoms with Gasteiger partial charge in [0.15, 0.2) is 5.82 Å². The van der Waals surface area contributed by atoms with Gasteiger partial charge in [0, 0.05) is 6.07 Å². The van der Waals surface area contributed by atoms with Crippen molar-refractivity contribution in [1.82, 2.24) is 4.98 Å². The molecule has 0 bridgehead atoms.